The summed E-state index contributed by atoms with van der Waals surface area (Å²) in [7, 11) is 0. The molecule has 3 aromatic carbocycles. The molecule has 3 aromatic rings. The van der Waals surface area contributed by atoms with Crippen molar-refractivity contribution >= 4 is 5.97 Å². The number of hydrogen-bond acceptors (Lipinski definition) is 4. The number of aliphatic hydroxyl groups is 1. The number of rotatable bonds is 9. The molecule has 0 aliphatic rings. The molecular formula is C25H26O5. The van der Waals surface area contributed by atoms with Crippen LogP contribution in [-0.4, -0.2) is 35.5 Å². The fourth-order valence-corrected chi connectivity index (χ4v) is 3.50. The van der Waals surface area contributed by atoms with Crippen LogP contribution in [0.5, 0.6) is 11.5 Å². The van der Waals surface area contributed by atoms with Crippen LogP contribution in [0.15, 0.2) is 66.7 Å². The molecule has 0 aromatic heterocycles. The van der Waals surface area contributed by atoms with Crippen molar-refractivity contribution < 1.29 is 24.5 Å². The van der Waals surface area contributed by atoms with Gasteiger partial charge in [-0.3, -0.25) is 0 Å². The third-order valence-electron chi connectivity index (χ3n) is 4.83. The lowest BCUT2D eigenvalue weighted by molar-refractivity contribution is -0.145. The second kappa shape index (κ2) is 9.94. The van der Waals surface area contributed by atoms with Crippen molar-refractivity contribution in [1.82, 2.24) is 0 Å². The van der Waals surface area contributed by atoms with E-state index in [1.54, 1.807) is 12.1 Å². The highest BCUT2D eigenvalue weighted by Gasteiger charge is 2.20. The van der Waals surface area contributed by atoms with E-state index in [9.17, 15) is 9.90 Å². The van der Waals surface area contributed by atoms with Crippen molar-refractivity contribution in [2.24, 2.45) is 0 Å². The first-order valence-corrected chi connectivity index (χ1v) is 9.86. The Bertz CT molecular complexity index is 957. The van der Waals surface area contributed by atoms with Gasteiger partial charge < -0.3 is 19.7 Å². The number of aryl methyl sites for hydroxylation is 2. The Labute approximate surface area is 176 Å². The van der Waals surface area contributed by atoms with Crippen LogP contribution in [0.4, 0.5) is 0 Å². The zero-order chi connectivity index (χ0) is 21.5. The van der Waals surface area contributed by atoms with Crippen LogP contribution in [0.3, 0.4) is 0 Å². The lowest BCUT2D eigenvalue weighted by Crippen LogP contribution is -2.29. The quantitative estimate of drug-likeness (QED) is 0.550. The van der Waals surface area contributed by atoms with Crippen LogP contribution >= 0.6 is 0 Å². The van der Waals surface area contributed by atoms with Gasteiger partial charge in [0, 0.05) is 6.42 Å². The van der Waals surface area contributed by atoms with E-state index in [0.717, 1.165) is 33.6 Å². The Hall–Kier alpha value is -3.31. The summed E-state index contributed by atoms with van der Waals surface area (Å²) in [5.74, 6) is 0.251. The second-order valence-corrected chi connectivity index (χ2v) is 7.16. The van der Waals surface area contributed by atoms with E-state index in [0.29, 0.717) is 12.2 Å². The van der Waals surface area contributed by atoms with Gasteiger partial charge in [-0.05, 0) is 65.9 Å². The van der Waals surface area contributed by atoms with Crippen molar-refractivity contribution in [3.8, 4) is 22.6 Å². The third-order valence-corrected chi connectivity index (χ3v) is 4.83. The molecule has 1 atom stereocenters. The van der Waals surface area contributed by atoms with E-state index in [-0.39, 0.29) is 13.2 Å². The molecule has 0 saturated heterocycles. The van der Waals surface area contributed by atoms with Crippen LogP contribution in [0.1, 0.15) is 16.7 Å². The average Bonchev–Trinajstić information content (AvgIpc) is 2.73. The molecule has 30 heavy (non-hydrogen) atoms. The maximum Gasteiger partial charge on any atom is 0.345 e. The molecule has 0 saturated carbocycles. The first-order valence-electron chi connectivity index (χ1n) is 9.86. The Morgan fingerprint density at radius 2 is 1.57 bits per heavy atom. The molecule has 3 rings (SSSR count). The topological polar surface area (TPSA) is 76.0 Å². The molecule has 0 amide bonds. The van der Waals surface area contributed by atoms with Gasteiger partial charge in [0.2, 0.25) is 0 Å². The molecule has 0 fully saturated rings. The highest BCUT2D eigenvalue weighted by Crippen LogP contribution is 2.32. The predicted octanol–water partition coefficient (Wildman–Crippen LogP) is 4.42. The van der Waals surface area contributed by atoms with E-state index in [2.05, 4.69) is 0 Å². The van der Waals surface area contributed by atoms with E-state index >= 15 is 0 Å². The van der Waals surface area contributed by atoms with Gasteiger partial charge >= 0.3 is 5.97 Å². The largest absolute Gasteiger partial charge is 0.491 e. The maximum absolute atomic E-state index is 11.6. The van der Waals surface area contributed by atoms with Crippen molar-refractivity contribution in [2.45, 2.75) is 26.4 Å². The molecule has 156 valence electrons. The smallest absolute Gasteiger partial charge is 0.345 e. The summed E-state index contributed by atoms with van der Waals surface area (Å²) in [5, 5.41) is 18.5. The van der Waals surface area contributed by atoms with E-state index in [1.807, 2.05) is 68.4 Å². The monoisotopic (exact) mass is 406 g/mol. The van der Waals surface area contributed by atoms with Gasteiger partial charge in [-0.1, -0.05) is 42.5 Å². The number of carboxylic acids is 1. The normalized spacial score (nSPS) is 11.7. The van der Waals surface area contributed by atoms with Crippen molar-refractivity contribution in [3.05, 3.63) is 83.4 Å². The second-order valence-electron chi connectivity index (χ2n) is 7.16. The predicted molar refractivity (Wildman–Crippen MR) is 116 cm³/mol. The minimum absolute atomic E-state index is 0.0249. The highest BCUT2D eigenvalue weighted by atomic mass is 16.5. The highest BCUT2D eigenvalue weighted by molar-refractivity contribution is 5.74. The molecular weight excluding hydrogens is 380 g/mol. The molecule has 5 heteroatoms. The van der Waals surface area contributed by atoms with E-state index in [1.165, 1.54) is 0 Å². The van der Waals surface area contributed by atoms with Crippen LogP contribution in [0.2, 0.25) is 0 Å². The van der Waals surface area contributed by atoms with Crippen LogP contribution in [-0.2, 0) is 11.2 Å². The number of carbonyl (C=O) groups is 1. The van der Waals surface area contributed by atoms with Crippen LogP contribution in [0, 0.1) is 13.8 Å². The van der Waals surface area contributed by atoms with Gasteiger partial charge in [-0.15, -0.1) is 0 Å². The van der Waals surface area contributed by atoms with Gasteiger partial charge in [-0.2, -0.15) is 0 Å². The molecule has 0 spiro atoms. The lowest BCUT2D eigenvalue weighted by atomic mass is 9.95. The number of carboxylic acid groups (broad SMARTS) is 1. The van der Waals surface area contributed by atoms with Gasteiger partial charge in [0.25, 0.3) is 0 Å². The molecule has 0 aliphatic heterocycles. The summed E-state index contributed by atoms with van der Waals surface area (Å²) in [6, 6.07) is 20.8. The van der Waals surface area contributed by atoms with Crippen molar-refractivity contribution in [3.63, 3.8) is 0 Å². The lowest BCUT2D eigenvalue weighted by Gasteiger charge is -2.17. The van der Waals surface area contributed by atoms with Gasteiger partial charge in [-0.25, -0.2) is 4.79 Å². The van der Waals surface area contributed by atoms with Crippen LogP contribution in [0.25, 0.3) is 11.1 Å². The SMILES string of the molecule is Cc1cc(OCCO)cc(C)c1-c1ccc(OC(Cc2ccccc2)C(=O)O)cc1. The molecule has 0 bridgehead atoms. The van der Waals surface area contributed by atoms with Gasteiger partial charge in [0.15, 0.2) is 6.10 Å². The number of ether oxygens (including phenoxy) is 2. The van der Waals surface area contributed by atoms with E-state index in [4.69, 9.17) is 14.6 Å². The molecule has 0 radical (unpaired) electrons. The number of aliphatic hydroxyl groups excluding tert-OH is 1. The molecule has 0 aliphatic carbocycles. The summed E-state index contributed by atoms with van der Waals surface area (Å²) in [4.78, 5) is 11.6. The first kappa shape index (κ1) is 21.4. The number of hydrogen-bond donors (Lipinski definition) is 2. The van der Waals surface area contributed by atoms with Crippen molar-refractivity contribution in [2.75, 3.05) is 13.2 Å². The Balaban J connectivity index is 1.76. The van der Waals surface area contributed by atoms with Crippen LogP contribution < -0.4 is 9.47 Å². The Morgan fingerprint density at radius 3 is 2.13 bits per heavy atom. The average molecular weight is 406 g/mol. The van der Waals surface area contributed by atoms with Gasteiger partial charge in [0.1, 0.15) is 18.1 Å². The Kier molecular flexibility index (Phi) is 7.09. The molecule has 1 unspecified atom stereocenters. The maximum atomic E-state index is 11.6. The third kappa shape index (κ3) is 5.39. The first-order chi connectivity index (χ1) is 14.5. The summed E-state index contributed by atoms with van der Waals surface area (Å²) in [5.41, 5.74) is 5.14. The minimum Gasteiger partial charge on any atom is -0.491 e. The zero-order valence-electron chi connectivity index (χ0n) is 17.2. The van der Waals surface area contributed by atoms with E-state index < -0.39 is 12.1 Å². The zero-order valence-corrected chi connectivity index (χ0v) is 17.2. The molecule has 5 nitrogen and oxygen atoms in total. The fraction of sp³-hybridized carbons (Fsp3) is 0.240. The number of aliphatic carboxylic acids is 1. The van der Waals surface area contributed by atoms with Gasteiger partial charge in [0.05, 0.1) is 6.61 Å². The standard InChI is InChI=1S/C25H26O5/c1-17-14-22(29-13-12-26)15-18(2)24(17)20-8-10-21(11-9-20)30-23(25(27)28)16-19-6-4-3-5-7-19/h3-11,14-15,23,26H,12-13,16H2,1-2H3,(H,27,28). The number of benzene rings is 3. The Morgan fingerprint density at radius 1 is 0.933 bits per heavy atom. The summed E-state index contributed by atoms with van der Waals surface area (Å²) in [6.45, 7) is 4.26. The molecule has 2 N–H and O–H groups in total. The fourth-order valence-electron chi connectivity index (χ4n) is 3.50. The summed E-state index contributed by atoms with van der Waals surface area (Å²) >= 11 is 0. The summed E-state index contributed by atoms with van der Waals surface area (Å²) in [6.07, 6.45) is -0.657. The minimum atomic E-state index is -0.993. The summed E-state index contributed by atoms with van der Waals surface area (Å²) < 4.78 is 11.3. The van der Waals surface area contributed by atoms with Crippen molar-refractivity contribution in [1.29, 1.82) is 0 Å². The molecule has 0 heterocycles.